The van der Waals surface area contributed by atoms with Crippen molar-refractivity contribution in [3.05, 3.63) is 12.7 Å². The highest BCUT2D eigenvalue weighted by molar-refractivity contribution is 4.69. The van der Waals surface area contributed by atoms with E-state index in [0.29, 0.717) is 6.04 Å². The van der Waals surface area contributed by atoms with Gasteiger partial charge in [-0.15, -0.1) is 6.58 Å². The third-order valence-corrected chi connectivity index (χ3v) is 2.60. The molecule has 0 aliphatic carbocycles. The molecule has 0 spiro atoms. The number of hydrogen-bond donors (Lipinski definition) is 1. The van der Waals surface area contributed by atoms with Gasteiger partial charge in [-0.2, -0.15) is 0 Å². The van der Waals surface area contributed by atoms with Crippen LogP contribution < -0.4 is 5.32 Å². The van der Waals surface area contributed by atoms with E-state index < -0.39 is 0 Å². The average Bonchev–Trinajstić information content (AvgIpc) is 2.15. The highest BCUT2D eigenvalue weighted by Crippen LogP contribution is 2.14. The molecular weight excluding hydrogens is 170 g/mol. The maximum atomic E-state index is 3.75. The van der Waals surface area contributed by atoms with Crippen LogP contribution in [0.5, 0.6) is 0 Å². The third kappa shape index (κ3) is 8.31. The second-order valence-corrected chi connectivity index (χ2v) is 4.42. The van der Waals surface area contributed by atoms with Crippen molar-refractivity contribution in [1.82, 2.24) is 5.32 Å². The monoisotopic (exact) mass is 197 g/mol. The van der Waals surface area contributed by atoms with Gasteiger partial charge in [-0.3, -0.25) is 0 Å². The molecule has 0 amide bonds. The van der Waals surface area contributed by atoms with E-state index in [2.05, 4.69) is 32.7 Å². The van der Waals surface area contributed by atoms with E-state index >= 15 is 0 Å². The molecule has 0 aliphatic heterocycles. The minimum absolute atomic E-state index is 0.675. The smallest absolute Gasteiger partial charge is 0.00412 e. The molecule has 0 fully saturated rings. The fraction of sp³-hybridized carbons (Fsp3) is 0.846. The predicted molar refractivity (Wildman–Crippen MR) is 65.6 cm³/mol. The van der Waals surface area contributed by atoms with E-state index in [1.807, 2.05) is 6.08 Å². The van der Waals surface area contributed by atoms with Gasteiger partial charge in [0.1, 0.15) is 0 Å². The lowest BCUT2D eigenvalue weighted by Gasteiger charge is -2.18. The Kier molecular flexibility index (Phi) is 9.06. The zero-order chi connectivity index (χ0) is 10.8. The SMILES string of the molecule is C=CCCCC(C)CC(C)NCCC. The number of unbranched alkanes of at least 4 members (excludes halogenated alkanes) is 1. The van der Waals surface area contributed by atoms with Gasteiger partial charge >= 0.3 is 0 Å². The van der Waals surface area contributed by atoms with Crippen LogP contribution in [0.15, 0.2) is 12.7 Å². The number of hydrogen-bond acceptors (Lipinski definition) is 1. The van der Waals surface area contributed by atoms with Gasteiger partial charge in [-0.25, -0.2) is 0 Å². The van der Waals surface area contributed by atoms with Gasteiger partial charge in [0.25, 0.3) is 0 Å². The Bertz CT molecular complexity index is 131. The van der Waals surface area contributed by atoms with Gasteiger partial charge in [0.2, 0.25) is 0 Å². The quantitative estimate of drug-likeness (QED) is 0.438. The zero-order valence-corrected chi connectivity index (χ0v) is 10.2. The summed E-state index contributed by atoms with van der Waals surface area (Å²) in [7, 11) is 0. The van der Waals surface area contributed by atoms with Crippen LogP contribution in [0.25, 0.3) is 0 Å². The van der Waals surface area contributed by atoms with Crippen molar-refractivity contribution in [2.45, 2.75) is 58.9 Å². The van der Waals surface area contributed by atoms with Gasteiger partial charge in [0, 0.05) is 6.04 Å². The Hall–Kier alpha value is -0.300. The number of rotatable bonds is 9. The fourth-order valence-electron chi connectivity index (χ4n) is 1.81. The van der Waals surface area contributed by atoms with Crippen LogP contribution in [0.1, 0.15) is 52.9 Å². The molecular formula is C13H27N. The molecule has 2 atom stereocenters. The molecule has 0 bridgehead atoms. The lowest BCUT2D eigenvalue weighted by Crippen LogP contribution is -2.28. The molecule has 0 aromatic heterocycles. The van der Waals surface area contributed by atoms with E-state index in [0.717, 1.165) is 12.5 Å². The van der Waals surface area contributed by atoms with Crippen LogP contribution in [0.3, 0.4) is 0 Å². The van der Waals surface area contributed by atoms with Crippen LogP contribution in [-0.4, -0.2) is 12.6 Å². The second kappa shape index (κ2) is 9.26. The third-order valence-electron chi connectivity index (χ3n) is 2.60. The molecule has 0 aromatic rings. The molecule has 0 aromatic carbocycles. The van der Waals surface area contributed by atoms with E-state index in [1.165, 1.54) is 32.1 Å². The molecule has 84 valence electrons. The Balaban J connectivity index is 3.39. The lowest BCUT2D eigenvalue weighted by atomic mass is 9.97. The average molecular weight is 197 g/mol. The van der Waals surface area contributed by atoms with Crippen LogP contribution in [-0.2, 0) is 0 Å². The first-order valence-electron chi connectivity index (χ1n) is 6.05. The van der Waals surface area contributed by atoms with E-state index in [1.54, 1.807) is 0 Å². The summed E-state index contributed by atoms with van der Waals surface area (Å²) < 4.78 is 0. The summed E-state index contributed by atoms with van der Waals surface area (Å²) in [5, 5.41) is 3.53. The van der Waals surface area contributed by atoms with Crippen LogP contribution in [0.2, 0.25) is 0 Å². The normalized spacial score (nSPS) is 15.1. The number of allylic oxidation sites excluding steroid dienone is 1. The summed E-state index contributed by atoms with van der Waals surface area (Å²) in [5.41, 5.74) is 0. The Morgan fingerprint density at radius 3 is 2.64 bits per heavy atom. The molecule has 2 unspecified atom stereocenters. The Morgan fingerprint density at radius 1 is 1.36 bits per heavy atom. The molecule has 0 saturated heterocycles. The van der Waals surface area contributed by atoms with Gasteiger partial charge in [-0.05, 0) is 45.1 Å². The molecule has 1 N–H and O–H groups in total. The highest BCUT2D eigenvalue weighted by atomic mass is 14.9. The molecule has 0 heterocycles. The standard InChI is InChI=1S/C13H27N/c1-5-7-8-9-12(3)11-13(4)14-10-6-2/h5,12-14H,1,6-11H2,2-4H3. The Morgan fingerprint density at radius 2 is 2.07 bits per heavy atom. The largest absolute Gasteiger partial charge is 0.314 e. The minimum Gasteiger partial charge on any atom is -0.314 e. The Labute approximate surface area is 90.0 Å². The first kappa shape index (κ1) is 13.7. The van der Waals surface area contributed by atoms with E-state index in [9.17, 15) is 0 Å². The topological polar surface area (TPSA) is 12.0 Å². The predicted octanol–water partition coefficient (Wildman–Crippen LogP) is 3.76. The molecule has 0 radical (unpaired) electrons. The molecule has 1 heteroatoms. The highest BCUT2D eigenvalue weighted by Gasteiger charge is 2.06. The summed E-state index contributed by atoms with van der Waals surface area (Å²) in [6.45, 7) is 11.8. The first-order chi connectivity index (χ1) is 6.70. The maximum Gasteiger partial charge on any atom is 0.00412 e. The van der Waals surface area contributed by atoms with Gasteiger partial charge in [-0.1, -0.05) is 26.3 Å². The van der Waals surface area contributed by atoms with Crippen molar-refractivity contribution in [3.63, 3.8) is 0 Å². The summed E-state index contributed by atoms with van der Waals surface area (Å²) >= 11 is 0. The summed E-state index contributed by atoms with van der Waals surface area (Å²) in [6.07, 6.45) is 8.36. The van der Waals surface area contributed by atoms with Crippen molar-refractivity contribution in [2.24, 2.45) is 5.92 Å². The van der Waals surface area contributed by atoms with Crippen LogP contribution >= 0.6 is 0 Å². The van der Waals surface area contributed by atoms with Crippen molar-refractivity contribution in [3.8, 4) is 0 Å². The lowest BCUT2D eigenvalue weighted by molar-refractivity contribution is 0.396. The van der Waals surface area contributed by atoms with Crippen molar-refractivity contribution < 1.29 is 0 Å². The fourth-order valence-corrected chi connectivity index (χ4v) is 1.81. The summed E-state index contributed by atoms with van der Waals surface area (Å²) in [6, 6.07) is 0.675. The summed E-state index contributed by atoms with van der Waals surface area (Å²) in [5.74, 6) is 0.842. The summed E-state index contributed by atoms with van der Waals surface area (Å²) in [4.78, 5) is 0. The van der Waals surface area contributed by atoms with Crippen molar-refractivity contribution in [1.29, 1.82) is 0 Å². The van der Waals surface area contributed by atoms with Gasteiger partial charge in [0.05, 0.1) is 0 Å². The first-order valence-corrected chi connectivity index (χ1v) is 6.05. The van der Waals surface area contributed by atoms with Crippen LogP contribution in [0, 0.1) is 5.92 Å². The van der Waals surface area contributed by atoms with Crippen molar-refractivity contribution in [2.75, 3.05) is 6.54 Å². The molecule has 14 heavy (non-hydrogen) atoms. The molecule has 0 saturated carbocycles. The van der Waals surface area contributed by atoms with Crippen molar-refractivity contribution >= 4 is 0 Å². The zero-order valence-electron chi connectivity index (χ0n) is 10.2. The maximum absolute atomic E-state index is 3.75. The molecule has 0 aliphatic rings. The minimum atomic E-state index is 0.675. The van der Waals surface area contributed by atoms with E-state index in [4.69, 9.17) is 0 Å². The second-order valence-electron chi connectivity index (χ2n) is 4.42. The number of nitrogens with one attached hydrogen (secondary N) is 1. The van der Waals surface area contributed by atoms with Gasteiger partial charge in [0.15, 0.2) is 0 Å². The van der Waals surface area contributed by atoms with Crippen LogP contribution in [0.4, 0.5) is 0 Å². The molecule has 1 nitrogen and oxygen atoms in total. The van der Waals surface area contributed by atoms with Gasteiger partial charge < -0.3 is 5.32 Å². The van der Waals surface area contributed by atoms with E-state index in [-0.39, 0.29) is 0 Å². The molecule has 0 rings (SSSR count).